The molecular formula is C17H21N3O2S2. The van der Waals surface area contributed by atoms with E-state index in [2.05, 4.69) is 15.0 Å². The highest BCUT2D eigenvalue weighted by atomic mass is 32.2. The molecule has 0 spiro atoms. The van der Waals surface area contributed by atoms with E-state index in [0.29, 0.717) is 17.0 Å². The summed E-state index contributed by atoms with van der Waals surface area (Å²) in [7, 11) is -3.50. The van der Waals surface area contributed by atoms with Gasteiger partial charge in [-0.2, -0.15) is 0 Å². The van der Waals surface area contributed by atoms with E-state index in [-0.39, 0.29) is 6.04 Å². The summed E-state index contributed by atoms with van der Waals surface area (Å²) >= 11 is 1.53. The summed E-state index contributed by atoms with van der Waals surface area (Å²) < 4.78 is 28.5. The SMILES string of the molecule is Cc1csc(-c2cccc(S(=O)(=O)NC3CC4CCC(C3)N4)c2)n1. The van der Waals surface area contributed by atoms with Gasteiger partial charge in [-0.3, -0.25) is 0 Å². The Morgan fingerprint density at radius 2 is 2.00 bits per heavy atom. The van der Waals surface area contributed by atoms with Crippen molar-refractivity contribution < 1.29 is 8.42 Å². The maximum atomic E-state index is 12.8. The number of nitrogens with one attached hydrogen (secondary N) is 2. The Labute approximate surface area is 146 Å². The molecule has 128 valence electrons. The van der Waals surface area contributed by atoms with Crippen molar-refractivity contribution >= 4 is 21.4 Å². The van der Waals surface area contributed by atoms with Crippen molar-refractivity contribution in [3.8, 4) is 10.6 Å². The topological polar surface area (TPSA) is 71.1 Å². The Morgan fingerprint density at radius 1 is 1.25 bits per heavy atom. The van der Waals surface area contributed by atoms with Crippen LogP contribution in [0.1, 0.15) is 31.4 Å². The summed E-state index contributed by atoms with van der Waals surface area (Å²) in [5.74, 6) is 0. The molecule has 2 atom stereocenters. The van der Waals surface area contributed by atoms with Crippen LogP contribution in [0.4, 0.5) is 0 Å². The number of aryl methyl sites for hydroxylation is 1. The third kappa shape index (κ3) is 3.26. The maximum Gasteiger partial charge on any atom is 0.240 e. The van der Waals surface area contributed by atoms with Gasteiger partial charge in [0, 0.05) is 34.8 Å². The maximum absolute atomic E-state index is 12.8. The van der Waals surface area contributed by atoms with Crippen LogP contribution in [-0.4, -0.2) is 31.5 Å². The van der Waals surface area contributed by atoms with Crippen molar-refractivity contribution in [1.82, 2.24) is 15.0 Å². The first-order valence-corrected chi connectivity index (χ1v) is 10.7. The predicted octanol–water partition coefficient (Wildman–Crippen LogP) is 2.68. The molecule has 2 N–H and O–H groups in total. The number of aromatic nitrogens is 1. The van der Waals surface area contributed by atoms with Crippen molar-refractivity contribution in [2.45, 2.75) is 55.6 Å². The number of rotatable bonds is 4. The van der Waals surface area contributed by atoms with E-state index in [1.165, 1.54) is 11.3 Å². The second-order valence-corrected chi connectivity index (χ2v) is 9.32. The molecule has 2 unspecified atom stereocenters. The molecule has 2 aliphatic rings. The molecular weight excluding hydrogens is 342 g/mol. The van der Waals surface area contributed by atoms with Gasteiger partial charge in [-0.25, -0.2) is 18.1 Å². The normalized spacial score (nSPS) is 26.6. The summed E-state index contributed by atoms with van der Waals surface area (Å²) in [6, 6.07) is 8.01. The standard InChI is InChI=1S/C17H21N3O2S2/c1-11-10-23-17(18-11)12-3-2-4-16(7-12)24(21,22)20-15-8-13-5-6-14(9-15)19-13/h2-4,7,10,13-15,19-20H,5-6,8-9H2,1H3. The van der Waals surface area contributed by atoms with Gasteiger partial charge in [0.15, 0.2) is 0 Å². The minimum Gasteiger partial charge on any atom is -0.311 e. The fourth-order valence-corrected chi connectivity index (χ4v) is 5.83. The molecule has 2 bridgehead atoms. The first-order valence-electron chi connectivity index (χ1n) is 8.30. The number of thiazole rings is 1. The number of nitrogens with zero attached hydrogens (tertiary/aromatic N) is 1. The van der Waals surface area contributed by atoms with Crippen LogP contribution >= 0.6 is 11.3 Å². The number of hydrogen-bond acceptors (Lipinski definition) is 5. The zero-order valence-electron chi connectivity index (χ0n) is 13.5. The Kier molecular flexibility index (Phi) is 4.20. The van der Waals surface area contributed by atoms with Crippen molar-refractivity contribution in [3.05, 3.63) is 35.3 Å². The van der Waals surface area contributed by atoms with Gasteiger partial charge in [0.2, 0.25) is 10.0 Å². The molecule has 1 aromatic heterocycles. The van der Waals surface area contributed by atoms with E-state index in [0.717, 1.165) is 41.9 Å². The van der Waals surface area contributed by atoms with Gasteiger partial charge in [-0.15, -0.1) is 11.3 Å². The third-order valence-electron chi connectivity index (χ3n) is 4.81. The largest absolute Gasteiger partial charge is 0.311 e. The molecule has 3 heterocycles. The molecule has 1 aromatic carbocycles. The quantitative estimate of drug-likeness (QED) is 0.876. The minimum absolute atomic E-state index is 0.0273. The molecule has 2 aromatic rings. The van der Waals surface area contributed by atoms with Crippen molar-refractivity contribution in [2.24, 2.45) is 0 Å². The number of hydrogen-bond donors (Lipinski definition) is 2. The molecule has 7 heteroatoms. The first kappa shape index (κ1) is 16.2. The van der Waals surface area contributed by atoms with E-state index in [9.17, 15) is 8.42 Å². The number of benzene rings is 1. The average Bonchev–Trinajstić information content (AvgIpc) is 3.13. The molecule has 0 aliphatic carbocycles. The lowest BCUT2D eigenvalue weighted by atomic mass is 10.0. The highest BCUT2D eigenvalue weighted by Crippen LogP contribution is 2.29. The second-order valence-electron chi connectivity index (χ2n) is 6.75. The fraction of sp³-hybridized carbons (Fsp3) is 0.471. The van der Waals surface area contributed by atoms with Gasteiger partial charge in [0.1, 0.15) is 5.01 Å². The van der Waals surface area contributed by atoms with Crippen LogP contribution in [0.5, 0.6) is 0 Å². The van der Waals surface area contributed by atoms with Gasteiger partial charge in [0.25, 0.3) is 0 Å². The van der Waals surface area contributed by atoms with E-state index in [4.69, 9.17) is 0 Å². The molecule has 2 fully saturated rings. The van der Waals surface area contributed by atoms with Crippen molar-refractivity contribution in [1.29, 1.82) is 0 Å². The Bertz CT molecular complexity index is 835. The number of sulfonamides is 1. The smallest absolute Gasteiger partial charge is 0.240 e. The Balaban J connectivity index is 1.56. The van der Waals surface area contributed by atoms with Crippen molar-refractivity contribution in [2.75, 3.05) is 0 Å². The number of piperidine rings is 1. The Hall–Kier alpha value is -1.28. The average molecular weight is 364 g/mol. The van der Waals surface area contributed by atoms with Crippen LogP contribution in [0.15, 0.2) is 34.5 Å². The molecule has 24 heavy (non-hydrogen) atoms. The number of fused-ring (bicyclic) bond motifs is 2. The van der Waals surface area contributed by atoms with Crippen LogP contribution in [0.2, 0.25) is 0 Å². The Morgan fingerprint density at radius 3 is 2.67 bits per heavy atom. The zero-order valence-corrected chi connectivity index (χ0v) is 15.2. The molecule has 0 saturated carbocycles. The summed E-state index contributed by atoms with van der Waals surface area (Å²) in [6.07, 6.45) is 4.06. The van der Waals surface area contributed by atoms with E-state index < -0.39 is 10.0 Å². The van der Waals surface area contributed by atoms with E-state index >= 15 is 0 Å². The summed E-state index contributed by atoms with van der Waals surface area (Å²) in [5.41, 5.74) is 1.80. The lowest BCUT2D eigenvalue weighted by molar-refractivity contribution is 0.345. The first-order chi connectivity index (χ1) is 11.5. The second kappa shape index (κ2) is 6.22. The van der Waals surface area contributed by atoms with Gasteiger partial charge < -0.3 is 5.32 Å². The van der Waals surface area contributed by atoms with Gasteiger partial charge in [-0.1, -0.05) is 12.1 Å². The minimum atomic E-state index is -3.50. The molecule has 2 saturated heterocycles. The van der Waals surface area contributed by atoms with Crippen LogP contribution in [-0.2, 0) is 10.0 Å². The molecule has 0 amide bonds. The lowest BCUT2D eigenvalue weighted by Gasteiger charge is -2.29. The van der Waals surface area contributed by atoms with Gasteiger partial charge >= 0.3 is 0 Å². The van der Waals surface area contributed by atoms with E-state index in [1.807, 2.05) is 18.4 Å². The predicted molar refractivity (Wildman–Crippen MR) is 95.6 cm³/mol. The molecule has 5 nitrogen and oxygen atoms in total. The van der Waals surface area contributed by atoms with Gasteiger partial charge in [-0.05, 0) is 44.7 Å². The highest BCUT2D eigenvalue weighted by Gasteiger charge is 2.35. The monoisotopic (exact) mass is 363 g/mol. The third-order valence-corrected chi connectivity index (χ3v) is 7.33. The molecule has 0 radical (unpaired) electrons. The molecule has 4 rings (SSSR count). The summed E-state index contributed by atoms with van der Waals surface area (Å²) in [5, 5.41) is 6.36. The highest BCUT2D eigenvalue weighted by molar-refractivity contribution is 7.89. The van der Waals surface area contributed by atoms with Crippen LogP contribution in [0.3, 0.4) is 0 Å². The van der Waals surface area contributed by atoms with Gasteiger partial charge in [0.05, 0.1) is 4.90 Å². The zero-order chi connectivity index (χ0) is 16.7. The van der Waals surface area contributed by atoms with Crippen molar-refractivity contribution in [3.63, 3.8) is 0 Å². The lowest BCUT2D eigenvalue weighted by Crippen LogP contribution is -2.47. The molecule has 2 aliphatic heterocycles. The summed E-state index contributed by atoms with van der Waals surface area (Å²) in [4.78, 5) is 4.76. The van der Waals surface area contributed by atoms with Crippen LogP contribution < -0.4 is 10.0 Å². The summed E-state index contributed by atoms with van der Waals surface area (Å²) in [6.45, 7) is 1.94. The fourth-order valence-electron chi connectivity index (χ4n) is 3.72. The van der Waals surface area contributed by atoms with Crippen LogP contribution in [0.25, 0.3) is 10.6 Å². The van der Waals surface area contributed by atoms with Crippen LogP contribution in [0, 0.1) is 6.92 Å². The van der Waals surface area contributed by atoms with E-state index in [1.54, 1.807) is 18.2 Å².